The number of nitrogens with two attached hydrogens (primary N) is 2. The van der Waals surface area contributed by atoms with Gasteiger partial charge in [-0.15, -0.1) is 0 Å². The lowest BCUT2D eigenvalue weighted by Crippen LogP contribution is -2.44. The third kappa shape index (κ3) is 6.51. The van der Waals surface area contributed by atoms with Crippen LogP contribution in [0.25, 0.3) is 0 Å². The molecule has 10 heteroatoms. The molecule has 0 aliphatic rings. The number of carbonyl (C=O) groups is 3. The zero-order valence-corrected chi connectivity index (χ0v) is 22.1. The van der Waals surface area contributed by atoms with Gasteiger partial charge >= 0.3 is 0 Å². The number of anilines is 2. The minimum Gasteiger partial charge on any atom is -0.395 e. The Balaban J connectivity index is 2.16. The van der Waals surface area contributed by atoms with Crippen LogP contribution in [0.3, 0.4) is 0 Å². The third-order valence-electron chi connectivity index (χ3n) is 5.93. The predicted molar refractivity (Wildman–Crippen MR) is 144 cm³/mol. The standard InChI is InChI=1S/C27H32FN5O3S/c1-15(2)13-14-31-26(35)23(18-5-9-19(28)10-6-18)33(20-11-7-17(8-12-20)16(3)4)27(36)24-21(29)22(25(30)34)32-37-24/h5-12,15-16,23H,13-14,29H2,1-4H3,(H2,30,34)(H,31,35)/t23-/m0/s1. The summed E-state index contributed by atoms with van der Waals surface area (Å²) in [4.78, 5) is 40.6. The molecule has 37 heavy (non-hydrogen) atoms. The van der Waals surface area contributed by atoms with E-state index in [1.54, 1.807) is 12.1 Å². The van der Waals surface area contributed by atoms with Gasteiger partial charge in [0.1, 0.15) is 16.7 Å². The maximum absolute atomic E-state index is 14.0. The Morgan fingerprint density at radius 1 is 1.00 bits per heavy atom. The van der Waals surface area contributed by atoms with Crippen molar-refractivity contribution in [1.29, 1.82) is 0 Å². The van der Waals surface area contributed by atoms with Gasteiger partial charge in [-0.2, -0.15) is 4.37 Å². The minimum atomic E-state index is -1.15. The topological polar surface area (TPSA) is 131 Å². The highest BCUT2D eigenvalue weighted by Crippen LogP contribution is 2.34. The van der Waals surface area contributed by atoms with Crippen LogP contribution in [0, 0.1) is 11.7 Å². The number of aromatic nitrogens is 1. The maximum Gasteiger partial charge on any atom is 0.273 e. The van der Waals surface area contributed by atoms with Crippen molar-refractivity contribution in [3.05, 3.63) is 76.0 Å². The van der Waals surface area contributed by atoms with Gasteiger partial charge in [0.05, 0.1) is 5.69 Å². The molecular formula is C27H32FN5O3S. The first-order valence-electron chi connectivity index (χ1n) is 12.0. The molecule has 0 fully saturated rings. The minimum absolute atomic E-state index is 0.0242. The Labute approximate surface area is 220 Å². The lowest BCUT2D eigenvalue weighted by molar-refractivity contribution is -0.122. The number of primary amides is 1. The van der Waals surface area contributed by atoms with E-state index in [0.29, 0.717) is 23.7 Å². The van der Waals surface area contributed by atoms with Crippen LogP contribution in [0.5, 0.6) is 0 Å². The van der Waals surface area contributed by atoms with Crippen molar-refractivity contribution in [2.75, 3.05) is 17.2 Å². The molecule has 5 N–H and O–H groups in total. The van der Waals surface area contributed by atoms with Crippen LogP contribution in [0.2, 0.25) is 0 Å². The SMILES string of the molecule is CC(C)CCNC(=O)[C@H](c1ccc(F)cc1)N(C(=O)c1snc(C(N)=O)c1N)c1ccc(C(C)C)cc1. The number of nitrogens with one attached hydrogen (secondary N) is 1. The van der Waals surface area contributed by atoms with E-state index in [-0.39, 0.29) is 22.2 Å². The highest BCUT2D eigenvalue weighted by atomic mass is 32.1. The Bertz CT molecular complexity index is 1260. The molecule has 1 atom stereocenters. The van der Waals surface area contributed by atoms with Crippen LogP contribution in [-0.4, -0.2) is 28.6 Å². The highest BCUT2D eigenvalue weighted by Gasteiger charge is 2.36. The van der Waals surface area contributed by atoms with Gasteiger partial charge in [-0.05, 0) is 65.2 Å². The Hall–Kier alpha value is -3.79. The monoisotopic (exact) mass is 525 g/mol. The van der Waals surface area contributed by atoms with E-state index in [1.165, 1.54) is 29.2 Å². The molecule has 8 nitrogen and oxygen atoms in total. The molecule has 196 valence electrons. The Kier molecular flexibility index (Phi) is 8.99. The number of halogens is 1. The maximum atomic E-state index is 14.0. The first kappa shape index (κ1) is 27.8. The number of amides is 3. The second-order valence-corrected chi connectivity index (χ2v) is 10.3. The fourth-order valence-corrected chi connectivity index (χ4v) is 4.53. The molecule has 0 saturated carbocycles. The first-order chi connectivity index (χ1) is 17.5. The van der Waals surface area contributed by atoms with Crippen molar-refractivity contribution < 1.29 is 18.8 Å². The van der Waals surface area contributed by atoms with Gasteiger partial charge in [-0.3, -0.25) is 19.3 Å². The summed E-state index contributed by atoms with van der Waals surface area (Å²) in [5.74, 6) is -1.79. The summed E-state index contributed by atoms with van der Waals surface area (Å²) in [6.07, 6.45) is 0.739. The van der Waals surface area contributed by atoms with Gasteiger partial charge in [0, 0.05) is 12.2 Å². The molecule has 0 spiro atoms. The van der Waals surface area contributed by atoms with Crippen molar-refractivity contribution in [2.45, 2.75) is 46.1 Å². The molecule has 0 radical (unpaired) electrons. The summed E-state index contributed by atoms with van der Waals surface area (Å²) in [5.41, 5.74) is 13.0. The van der Waals surface area contributed by atoms with Crippen LogP contribution >= 0.6 is 11.5 Å². The molecule has 3 aromatic rings. The normalized spacial score (nSPS) is 12.0. The van der Waals surface area contributed by atoms with E-state index in [1.807, 2.05) is 39.8 Å². The van der Waals surface area contributed by atoms with Gasteiger partial charge in [0.2, 0.25) is 5.91 Å². The molecule has 0 aliphatic heterocycles. The number of rotatable bonds is 10. The van der Waals surface area contributed by atoms with Gasteiger partial charge in [-0.1, -0.05) is 52.0 Å². The Morgan fingerprint density at radius 3 is 2.11 bits per heavy atom. The number of nitrogens with zero attached hydrogens (tertiary/aromatic N) is 2. The average Bonchev–Trinajstić information content (AvgIpc) is 3.24. The lowest BCUT2D eigenvalue weighted by atomic mass is 10.00. The fraction of sp³-hybridized carbons (Fsp3) is 0.333. The van der Waals surface area contributed by atoms with Crippen LogP contribution in [0.1, 0.15) is 77.4 Å². The van der Waals surface area contributed by atoms with Crippen LogP contribution in [-0.2, 0) is 4.79 Å². The number of nitrogen functional groups attached to an aromatic ring is 1. The number of carbonyl (C=O) groups excluding carboxylic acids is 3. The summed E-state index contributed by atoms with van der Waals surface area (Å²) in [6.45, 7) is 8.57. The molecule has 0 aliphatic carbocycles. The van der Waals surface area contributed by atoms with Crippen LogP contribution in [0.15, 0.2) is 48.5 Å². The molecule has 3 rings (SSSR count). The van der Waals surface area contributed by atoms with Crippen molar-refractivity contribution in [3.8, 4) is 0 Å². The summed E-state index contributed by atoms with van der Waals surface area (Å²) in [6, 6.07) is 11.5. The van der Waals surface area contributed by atoms with Gasteiger partial charge in [0.25, 0.3) is 11.8 Å². The zero-order chi connectivity index (χ0) is 27.3. The number of hydrogen-bond acceptors (Lipinski definition) is 6. The molecule has 2 aromatic carbocycles. The largest absolute Gasteiger partial charge is 0.395 e. The molecule has 0 bridgehead atoms. The molecular weight excluding hydrogens is 493 g/mol. The fourth-order valence-electron chi connectivity index (χ4n) is 3.79. The van der Waals surface area contributed by atoms with Gasteiger partial charge in [-0.25, -0.2) is 4.39 Å². The second-order valence-electron chi connectivity index (χ2n) is 9.49. The average molecular weight is 526 g/mol. The molecule has 1 heterocycles. The smallest absolute Gasteiger partial charge is 0.273 e. The van der Waals surface area contributed by atoms with Gasteiger partial charge < -0.3 is 16.8 Å². The first-order valence-corrected chi connectivity index (χ1v) is 12.8. The summed E-state index contributed by atoms with van der Waals surface area (Å²) >= 11 is 0.733. The molecule has 0 unspecified atom stereocenters. The predicted octanol–water partition coefficient (Wildman–Crippen LogP) is 4.64. The van der Waals surface area contributed by atoms with E-state index < -0.39 is 29.6 Å². The van der Waals surface area contributed by atoms with Crippen molar-refractivity contribution in [1.82, 2.24) is 9.69 Å². The Morgan fingerprint density at radius 2 is 1.59 bits per heavy atom. The quantitative estimate of drug-likeness (QED) is 0.355. The van der Waals surface area contributed by atoms with E-state index in [9.17, 15) is 18.8 Å². The second kappa shape index (κ2) is 12.0. The zero-order valence-electron chi connectivity index (χ0n) is 21.3. The van der Waals surface area contributed by atoms with E-state index in [2.05, 4.69) is 9.69 Å². The van der Waals surface area contributed by atoms with Gasteiger partial charge in [0.15, 0.2) is 5.69 Å². The highest BCUT2D eigenvalue weighted by molar-refractivity contribution is 7.09. The van der Waals surface area contributed by atoms with E-state index in [0.717, 1.165) is 23.5 Å². The van der Waals surface area contributed by atoms with Crippen LogP contribution < -0.4 is 21.7 Å². The van der Waals surface area contributed by atoms with E-state index in [4.69, 9.17) is 11.5 Å². The summed E-state index contributed by atoms with van der Waals surface area (Å²) in [5, 5.41) is 2.91. The van der Waals surface area contributed by atoms with E-state index >= 15 is 0 Å². The van der Waals surface area contributed by atoms with Crippen molar-refractivity contribution >= 4 is 40.6 Å². The number of hydrogen-bond donors (Lipinski definition) is 3. The molecule has 1 aromatic heterocycles. The van der Waals surface area contributed by atoms with Crippen molar-refractivity contribution in [3.63, 3.8) is 0 Å². The molecule has 3 amide bonds. The third-order valence-corrected chi connectivity index (χ3v) is 6.78. The summed E-state index contributed by atoms with van der Waals surface area (Å²) in [7, 11) is 0. The van der Waals surface area contributed by atoms with Crippen LogP contribution in [0.4, 0.5) is 15.8 Å². The van der Waals surface area contributed by atoms with Crippen molar-refractivity contribution in [2.24, 2.45) is 11.7 Å². The lowest BCUT2D eigenvalue weighted by Gasteiger charge is -2.31. The molecule has 0 saturated heterocycles. The summed E-state index contributed by atoms with van der Waals surface area (Å²) < 4.78 is 17.7. The number of benzene rings is 2.